The molecule has 0 bridgehead atoms. The molecule has 0 N–H and O–H groups in total. The highest BCUT2D eigenvalue weighted by Gasteiger charge is 2.34. The second kappa shape index (κ2) is 8.60. The van der Waals surface area contributed by atoms with E-state index in [-0.39, 0.29) is 6.54 Å². The van der Waals surface area contributed by atoms with Crippen molar-refractivity contribution in [2.24, 2.45) is 0 Å². The summed E-state index contributed by atoms with van der Waals surface area (Å²) in [5.74, 6) is -1.30. The van der Waals surface area contributed by atoms with Crippen molar-refractivity contribution in [2.45, 2.75) is 13.3 Å². The van der Waals surface area contributed by atoms with Crippen LogP contribution in [0.15, 0.2) is 42.5 Å². The summed E-state index contributed by atoms with van der Waals surface area (Å²) >= 11 is 0. The zero-order valence-electron chi connectivity index (χ0n) is 16.1. The van der Waals surface area contributed by atoms with Crippen molar-refractivity contribution in [3.05, 3.63) is 59.2 Å². The molecule has 2 aromatic rings. The molecule has 0 spiro atoms. The smallest absolute Gasteiger partial charge is 0.261 e. The summed E-state index contributed by atoms with van der Waals surface area (Å²) in [4.78, 5) is 37.5. The van der Waals surface area contributed by atoms with Crippen LogP contribution in [0.4, 0.5) is 0 Å². The molecule has 0 aromatic heterocycles. The van der Waals surface area contributed by atoms with Crippen LogP contribution in [0.25, 0.3) is 11.6 Å². The first kappa shape index (κ1) is 20.1. The zero-order valence-corrected chi connectivity index (χ0v) is 16.1. The summed E-state index contributed by atoms with van der Waals surface area (Å²) < 4.78 is 10.9. The summed E-state index contributed by atoms with van der Waals surface area (Å²) in [6.45, 7) is 2.05. The van der Waals surface area contributed by atoms with Crippen molar-refractivity contribution in [1.82, 2.24) is 4.90 Å². The standard InChI is InChI=1S/C22H21NO6/c1-3-29-19-13-14(8-9-18(19)28-2)12-17-15-6-4-5-7-16(15)21(26)23(22(17)27)11-10-20(24)25/h4-9,12-13H,3,10-11H2,1-2H3,(H,24,25)/p-1/b17-12-. The first-order valence-electron chi connectivity index (χ1n) is 9.14. The molecule has 1 heterocycles. The second-order valence-corrected chi connectivity index (χ2v) is 6.33. The molecular weight excluding hydrogens is 374 g/mol. The molecule has 0 fully saturated rings. The lowest BCUT2D eigenvalue weighted by Crippen LogP contribution is -2.43. The average Bonchev–Trinajstić information content (AvgIpc) is 2.71. The summed E-state index contributed by atoms with van der Waals surface area (Å²) in [5.41, 5.74) is 1.82. The fourth-order valence-corrected chi connectivity index (χ4v) is 3.17. The van der Waals surface area contributed by atoms with Crippen LogP contribution in [-0.4, -0.2) is 42.9 Å². The highest BCUT2D eigenvalue weighted by atomic mass is 16.5. The number of carboxylic acids is 1. The van der Waals surface area contributed by atoms with E-state index in [4.69, 9.17) is 9.47 Å². The molecule has 0 atom stereocenters. The predicted molar refractivity (Wildman–Crippen MR) is 104 cm³/mol. The number of hydrogen-bond acceptors (Lipinski definition) is 6. The topological polar surface area (TPSA) is 96.0 Å². The van der Waals surface area contributed by atoms with Crippen LogP contribution < -0.4 is 14.6 Å². The first-order chi connectivity index (χ1) is 14.0. The van der Waals surface area contributed by atoms with Gasteiger partial charge in [0.2, 0.25) is 0 Å². The lowest BCUT2D eigenvalue weighted by atomic mass is 9.92. The molecule has 2 amide bonds. The summed E-state index contributed by atoms with van der Waals surface area (Å²) in [7, 11) is 1.54. The number of rotatable bonds is 7. The monoisotopic (exact) mass is 394 g/mol. The number of ether oxygens (including phenoxy) is 2. The average molecular weight is 394 g/mol. The Labute approximate surface area is 168 Å². The molecule has 3 rings (SSSR count). The van der Waals surface area contributed by atoms with E-state index >= 15 is 0 Å². The fraction of sp³-hybridized carbons (Fsp3) is 0.227. The van der Waals surface area contributed by atoms with Gasteiger partial charge in [-0.15, -0.1) is 0 Å². The molecule has 1 aliphatic rings. The molecule has 0 saturated heterocycles. The Hall–Kier alpha value is -3.61. The molecule has 150 valence electrons. The van der Waals surface area contributed by atoms with Crippen molar-refractivity contribution in [3.8, 4) is 11.5 Å². The SMILES string of the molecule is CCOc1cc(/C=C2\C(=O)N(CCC(=O)[O-])C(=O)c3ccccc32)ccc1OC. The van der Waals surface area contributed by atoms with Gasteiger partial charge in [-0.05, 0) is 42.3 Å². The van der Waals surface area contributed by atoms with Gasteiger partial charge in [0.1, 0.15) is 0 Å². The van der Waals surface area contributed by atoms with Crippen LogP contribution in [0.5, 0.6) is 11.5 Å². The van der Waals surface area contributed by atoms with Crippen LogP contribution in [0, 0.1) is 0 Å². The molecule has 1 aliphatic heterocycles. The number of nitrogens with zero attached hydrogens (tertiary/aromatic N) is 1. The Balaban J connectivity index is 2.08. The first-order valence-corrected chi connectivity index (χ1v) is 9.14. The quantitative estimate of drug-likeness (QED) is 0.524. The van der Waals surface area contributed by atoms with Crippen molar-refractivity contribution in [1.29, 1.82) is 0 Å². The maximum absolute atomic E-state index is 13.0. The highest BCUT2D eigenvalue weighted by molar-refractivity contribution is 6.33. The van der Waals surface area contributed by atoms with E-state index in [9.17, 15) is 19.5 Å². The Morgan fingerprint density at radius 2 is 1.79 bits per heavy atom. The van der Waals surface area contributed by atoms with E-state index in [0.29, 0.717) is 40.4 Å². The minimum absolute atomic E-state index is 0.252. The Kier molecular flexibility index (Phi) is 5.97. The Morgan fingerprint density at radius 1 is 1.07 bits per heavy atom. The number of carbonyl (C=O) groups excluding carboxylic acids is 3. The molecule has 0 aliphatic carbocycles. The van der Waals surface area contributed by atoms with Crippen molar-refractivity contribution in [3.63, 3.8) is 0 Å². The summed E-state index contributed by atoms with van der Waals surface area (Å²) in [6.07, 6.45) is 1.23. The predicted octanol–water partition coefficient (Wildman–Crippen LogP) is 1.76. The summed E-state index contributed by atoms with van der Waals surface area (Å²) in [5, 5.41) is 10.8. The summed E-state index contributed by atoms with van der Waals surface area (Å²) in [6, 6.07) is 12.0. The second-order valence-electron chi connectivity index (χ2n) is 6.33. The third kappa shape index (κ3) is 4.13. The Bertz CT molecular complexity index is 995. The minimum atomic E-state index is -1.33. The van der Waals surface area contributed by atoms with E-state index < -0.39 is 24.2 Å². The molecular formula is C22H20NO6-. The van der Waals surface area contributed by atoms with Crippen LogP contribution in [0.1, 0.15) is 34.8 Å². The number of imide groups is 1. The van der Waals surface area contributed by atoms with Gasteiger partial charge in [-0.3, -0.25) is 14.5 Å². The normalized spacial score (nSPS) is 14.7. The van der Waals surface area contributed by atoms with E-state index in [0.717, 1.165) is 4.90 Å². The fourth-order valence-electron chi connectivity index (χ4n) is 3.17. The van der Waals surface area contributed by atoms with Gasteiger partial charge in [-0.2, -0.15) is 0 Å². The molecule has 0 radical (unpaired) electrons. The van der Waals surface area contributed by atoms with Gasteiger partial charge in [0, 0.05) is 30.1 Å². The maximum atomic E-state index is 13.0. The lowest BCUT2D eigenvalue weighted by Gasteiger charge is -2.28. The number of carbonyl (C=O) groups is 3. The van der Waals surface area contributed by atoms with Crippen LogP contribution in [0.3, 0.4) is 0 Å². The number of fused-ring (bicyclic) bond motifs is 1. The number of amides is 2. The van der Waals surface area contributed by atoms with Gasteiger partial charge in [0.15, 0.2) is 11.5 Å². The van der Waals surface area contributed by atoms with Gasteiger partial charge < -0.3 is 19.4 Å². The third-order valence-electron chi connectivity index (χ3n) is 4.51. The van der Waals surface area contributed by atoms with Gasteiger partial charge in [-0.25, -0.2) is 0 Å². The van der Waals surface area contributed by atoms with E-state index in [1.165, 1.54) is 7.11 Å². The van der Waals surface area contributed by atoms with Crippen LogP contribution >= 0.6 is 0 Å². The molecule has 0 unspecified atom stereocenters. The molecule has 2 aromatic carbocycles. The minimum Gasteiger partial charge on any atom is -0.550 e. The number of hydrogen-bond donors (Lipinski definition) is 0. The van der Waals surface area contributed by atoms with Gasteiger partial charge >= 0.3 is 0 Å². The number of benzene rings is 2. The van der Waals surface area contributed by atoms with Crippen molar-refractivity contribution in [2.75, 3.05) is 20.3 Å². The zero-order chi connectivity index (χ0) is 21.0. The molecule has 7 heteroatoms. The van der Waals surface area contributed by atoms with E-state index in [1.807, 2.05) is 6.92 Å². The molecule has 29 heavy (non-hydrogen) atoms. The number of methoxy groups -OCH3 is 1. The largest absolute Gasteiger partial charge is 0.550 e. The molecule has 0 saturated carbocycles. The van der Waals surface area contributed by atoms with E-state index in [2.05, 4.69) is 0 Å². The third-order valence-corrected chi connectivity index (χ3v) is 4.51. The van der Waals surface area contributed by atoms with Crippen LogP contribution in [-0.2, 0) is 9.59 Å². The lowest BCUT2D eigenvalue weighted by molar-refractivity contribution is -0.305. The van der Waals surface area contributed by atoms with Gasteiger partial charge in [0.25, 0.3) is 11.8 Å². The highest BCUT2D eigenvalue weighted by Crippen LogP contribution is 2.33. The van der Waals surface area contributed by atoms with Gasteiger partial charge in [0.05, 0.1) is 13.7 Å². The maximum Gasteiger partial charge on any atom is 0.261 e. The Morgan fingerprint density at radius 3 is 2.45 bits per heavy atom. The molecule has 7 nitrogen and oxygen atoms in total. The van der Waals surface area contributed by atoms with Gasteiger partial charge in [-0.1, -0.05) is 24.3 Å². The number of aliphatic carboxylic acids is 1. The number of carboxylic acid groups (broad SMARTS) is 1. The van der Waals surface area contributed by atoms with Crippen LogP contribution in [0.2, 0.25) is 0 Å². The van der Waals surface area contributed by atoms with E-state index in [1.54, 1.807) is 48.5 Å². The van der Waals surface area contributed by atoms with Crippen molar-refractivity contribution < 1.29 is 29.0 Å². The van der Waals surface area contributed by atoms with Crippen molar-refractivity contribution >= 4 is 29.4 Å².